The molecule has 0 atom stereocenters. The smallest absolute Gasteiger partial charge is 0.282 e. The summed E-state index contributed by atoms with van der Waals surface area (Å²) in [5, 5.41) is 14.7. The Morgan fingerprint density at radius 3 is 2.77 bits per heavy atom. The van der Waals surface area contributed by atoms with Crippen molar-refractivity contribution >= 4 is 28.1 Å². The van der Waals surface area contributed by atoms with Crippen molar-refractivity contribution in [3.8, 4) is 0 Å². The van der Waals surface area contributed by atoms with Crippen molar-refractivity contribution in [3.63, 3.8) is 0 Å². The number of nitrogens with zero attached hydrogens (tertiary/aromatic N) is 3. The van der Waals surface area contributed by atoms with E-state index >= 15 is 0 Å². The third-order valence-electron chi connectivity index (χ3n) is 3.25. The lowest BCUT2D eigenvalue weighted by Crippen LogP contribution is -2.04. The Hall–Kier alpha value is -3.22. The number of benzene rings is 2. The first-order valence-corrected chi connectivity index (χ1v) is 6.61. The maximum atomic E-state index is 11.2. The van der Waals surface area contributed by atoms with Gasteiger partial charge in [-0.05, 0) is 23.8 Å². The molecule has 7 heteroatoms. The first kappa shape index (κ1) is 13.7. The molecule has 1 aromatic heterocycles. The van der Waals surface area contributed by atoms with Gasteiger partial charge < -0.3 is 11.1 Å². The molecule has 3 rings (SSSR count). The van der Waals surface area contributed by atoms with E-state index in [1.807, 2.05) is 18.2 Å². The maximum absolute atomic E-state index is 11.2. The minimum atomic E-state index is -0.433. The molecule has 0 radical (unpaired) electrons. The van der Waals surface area contributed by atoms with Crippen LogP contribution in [0.3, 0.4) is 0 Å². The molecule has 7 nitrogen and oxygen atoms in total. The zero-order valence-corrected chi connectivity index (χ0v) is 11.6. The van der Waals surface area contributed by atoms with E-state index in [9.17, 15) is 10.1 Å². The Kier molecular flexibility index (Phi) is 3.53. The molecular formula is C15H13N5O2. The van der Waals surface area contributed by atoms with Gasteiger partial charge in [0, 0.05) is 18.3 Å². The lowest BCUT2D eigenvalue weighted by molar-refractivity contribution is -0.383. The second kappa shape index (κ2) is 5.65. The maximum Gasteiger partial charge on any atom is 0.282 e. The number of hydrogen-bond donors (Lipinski definition) is 2. The molecule has 3 N–H and O–H groups in total. The van der Waals surface area contributed by atoms with Gasteiger partial charge in [-0.15, -0.1) is 0 Å². The zero-order valence-electron chi connectivity index (χ0n) is 11.6. The minimum absolute atomic E-state index is 0.0202. The summed E-state index contributed by atoms with van der Waals surface area (Å²) in [6.07, 6.45) is 1.38. The van der Waals surface area contributed by atoms with Crippen molar-refractivity contribution < 1.29 is 4.92 Å². The minimum Gasteiger partial charge on any atom is -0.399 e. The molecule has 22 heavy (non-hydrogen) atoms. The summed E-state index contributed by atoms with van der Waals surface area (Å²) < 4.78 is 0. The Morgan fingerprint density at radius 2 is 2.00 bits per heavy atom. The first-order valence-electron chi connectivity index (χ1n) is 6.61. The van der Waals surface area contributed by atoms with Crippen LogP contribution in [0.5, 0.6) is 0 Å². The van der Waals surface area contributed by atoms with Gasteiger partial charge in [-0.1, -0.05) is 18.2 Å². The van der Waals surface area contributed by atoms with E-state index in [1.165, 1.54) is 12.4 Å². The average Bonchev–Trinajstić information content (AvgIpc) is 2.52. The molecular weight excluding hydrogens is 282 g/mol. The summed E-state index contributed by atoms with van der Waals surface area (Å²) in [6, 6.07) is 12.2. The lowest BCUT2D eigenvalue weighted by atomic mass is 10.1. The highest BCUT2D eigenvalue weighted by molar-refractivity contribution is 5.96. The lowest BCUT2D eigenvalue weighted by Gasteiger charge is -2.09. The fourth-order valence-corrected chi connectivity index (χ4v) is 2.27. The van der Waals surface area contributed by atoms with Crippen molar-refractivity contribution in [2.45, 2.75) is 6.54 Å². The summed E-state index contributed by atoms with van der Waals surface area (Å²) in [5.74, 6) is 0.430. The summed E-state index contributed by atoms with van der Waals surface area (Å²) in [6.45, 7) is 0.462. The summed E-state index contributed by atoms with van der Waals surface area (Å²) in [5.41, 5.74) is 7.87. The summed E-state index contributed by atoms with van der Waals surface area (Å²) in [7, 11) is 0. The van der Waals surface area contributed by atoms with Crippen LogP contribution >= 0.6 is 0 Å². The van der Waals surface area contributed by atoms with Crippen LogP contribution in [0.4, 0.5) is 17.2 Å². The third kappa shape index (κ3) is 2.64. The first-order chi connectivity index (χ1) is 10.6. The highest BCUT2D eigenvalue weighted by atomic mass is 16.6. The van der Waals surface area contributed by atoms with Gasteiger partial charge in [0.05, 0.1) is 10.4 Å². The van der Waals surface area contributed by atoms with E-state index in [4.69, 9.17) is 5.73 Å². The molecule has 1 heterocycles. The van der Waals surface area contributed by atoms with Crippen molar-refractivity contribution in [2.24, 2.45) is 0 Å². The Morgan fingerprint density at radius 1 is 1.18 bits per heavy atom. The number of nitrogen functional groups attached to an aromatic ring is 1. The van der Waals surface area contributed by atoms with Gasteiger partial charge in [0.15, 0.2) is 0 Å². The number of nitro groups is 1. The predicted octanol–water partition coefficient (Wildman–Crippen LogP) is 2.73. The van der Waals surface area contributed by atoms with E-state index in [2.05, 4.69) is 15.3 Å². The van der Waals surface area contributed by atoms with Gasteiger partial charge in [0.25, 0.3) is 5.69 Å². The number of hydrogen-bond acceptors (Lipinski definition) is 6. The Labute approximate surface area is 126 Å². The molecule has 0 aliphatic carbocycles. The van der Waals surface area contributed by atoms with Gasteiger partial charge in [0.1, 0.15) is 17.5 Å². The number of aromatic nitrogens is 2. The number of nitro benzene ring substituents is 1. The molecule has 0 aliphatic rings. The van der Waals surface area contributed by atoms with Crippen LogP contribution in [0.25, 0.3) is 10.9 Å². The van der Waals surface area contributed by atoms with Crippen LogP contribution in [0.15, 0.2) is 48.8 Å². The molecule has 2 aromatic carbocycles. The topological polar surface area (TPSA) is 107 Å². The van der Waals surface area contributed by atoms with Crippen LogP contribution in [-0.4, -0.2) is 14.9 Å². The van der Waals surface area contributed by atoms with E-state index in [0.717, 1.165) is 5.56 Å². The summed E-state index contributed by atoms with van der Waals surface area (Å²) >= 11 is 0. The number of nitrogens with two attached hydrogens (primary N) is 1. The van der Waals surface area contributed by atoms with E-state index in [-0.39, 0.29) is 5.69 Å². The molecule has 0 saturated heterocycles. The number of nitrogens with one attached hydrogen (secondary N) is 1. The summed E-state index contributed by atoms with van der Waals surface area (Å²) in [4.78, 5) is 19.0. The standard InChI is InChI=1S/C15H13N5O2/c16-11-4-1-3-10(7-11)8-17-15-14-12(18-9-19-15)5-2-6-13(14)20(21)22/h1-7,9H,8,16H2,(H,17,18,19). The van der Waals surface area contributed by atoms with Crippen LogP contribution in [0.2, 0.25) is 0 Å². The normalized spacial score (nSPS) is 10.5. The molecule has 0 aliphatic heterocycles. The zero-order chi connectivity index (χ0) is 15.5. The van der Waals surface area contributed by atoms with Crippen molar-refractivity contribution in [1.29, 1.82) is 0 Å². The number of rotatable bonds is 4. The molecule has 0 fully saturated rings. The Balaban J connectivity index is 1.98. The predicted molar refractivity (Wildman–Crippen MR) is 84.4 cm³/mol. The van der Waals surface area contributed by atoms with Gasteiger partial charge >= 0.3 is 0 Å². The second-order valence-electron chi connectivity index (χ2n) is 4.75. The van der Waals surface area contributed by atoms with Crippen LogP contribution in [-0.2, 0) is 6.54 Å². The fourth-order valence-electron chi connectivity index (χ4n) is 2.27. The molecule has 0 amide bonds. The van der Waals surface area contributed by atoms with Crippen LogP contribution in [0.1, 0.15) is 5.56 Å². The SMILES string of the molecule is Nc1cccc(CNc2ncnc3cccc([N+](=O)[O-])c23)c1. The van der Waals surface area contributed by atoms with Crippen molar-refractivity contribution in [1.82, 2.24) is 9.97 Å². The highest BCUT2D eigenvalue weighted by Gasteiger charge is 2.16. The van der Waals surface area contributed by atoms with E-state index in [1.54, 1.807) is 18.2 Å². The number of fused-ring (bicyclic) bond motifs is 1. The van der Waals surface area contributed by atoms with Gasteiger partial charge in [-0.2, -0.15) is 0 Å². The highest BCUT2D eigenvalue weighted by Crippen LogP contribution is 2.29. The van der Waals surface area contributed by atoms with Crippen LogP contribution < -0.4 is 11.1 Å². The fraction of sp³-hybridized carbons (Fsp3) is 0.0667. The van der Waals surface area contributed by atoms with Crippen LogP contribution in [0, 0.1) is 10.1 Å². The quantitative estimate of drug-likeness (QED) is 0.435. The van der Waals surface area contributed by atoms with Crippen molar-refractivity contribution in [2.75, 3.05) is 11.1 Å². The number of anilines is 2. The monoisotopic (exact) mass is 295 g/mol. The molecule has 0 bridgehead atoms. The van der Waals surface area contributed by atoms with Gasteiger partial charge in [-0.25, -0.2) is 9.97 Å². The van der Waals surface area contributed by atoms with Gasteiger partial charge in [-0.3, -0.25) is 10.1 Å². The molecule has 0 saturated carbocycles. The van der Waals surface area contributed by atoms with E-state index in [0.29, 0.717) is 29.0 Å². The Bertz CT molecular complexity index is 845. The average molecular weight is 295 g/mol. The molecule has 3 aromatic rings. The van der Waals surface area contributed by atoms with Crippen molar-refractivity contribution in [3.05, 3.63) is 64.5 Å². The second-order valence-corrected chi connectivity index (χ2v) is 4.75. The van der Waals surface area contributed by atoms with E-state index < -0.39 is 4.92 Å². The van der Waals surface area contributed by atoms with Gasteiger partial charge in [0.2, 0.25) is 0 Å². The largest absolute Gasteiger partial charge is 0.399 e. The third-order valence-corrected chi connectivity index (χ3v) is 3.25. The molecule has 110 valence electrons. The number of non-ortho nitro benzene ring substituents is 1. The molecule has 0 spiro atoms. The molecule has 0 unspecified atom stereocenters.